The summed E-state index contributed by atoms with van der Waals surface area (Å²) < 4.78 is 90.8. The zero-order chi connectivity index (χ0) is 42.6. The highest BCUT2D eigenvalue weighted by molar-refractivity contribution is 7.80. The predicted octanol–water partition coefficient (Wildman–Crippen LogP) is 8.78. The maximum absolute atomic E-state index is 12.9. The van der Waals surface area contributed by atoms with Gasteiger partial charge in [-0.05, 0) is 89.6 Å². The predicted molar refractivity (Wildman–Crippen MR) is 226 cm³/mol. The van der Waals surface area contributed by atoms with Crippen molar-refractivity contribution in [2.24, 2.45) is 23.7 Å². The van der Waals surface area contributed by atoms with Crippen LogP contribution in [0.1, 0.15) is 68.6 Å². The van der Waals surface area contributed by atoms with Gasteiger partial charge in [0.15, 0.2) is 6.29 Å². The van der Waals surface area contributed by atoms with E-state index in [0.717, 1.165) is 46.6 Å². The number of rotatable bonds is 21. The van der Waals surface area contributed by atoms with Crippen molar-refractivity contribution in [3.8, 4) is 17.2 Å². The number of hydrogen-bond donors (Lipinski definition) is 1. The van der Waals surface area contributed by atoms with Crippen LogP contribution in [-0.4, -0.2) is 71.4 Å². The maximum Gasteiger partial charge on any atom is 0.397 e. The van der Waals surface area contributed by atoms with E-state index >= 15 is 0 Å². The Morgan fingerprint density at radius 3 is 1.75 bits per heavy atom. The Kier molecular flexibility index (Phi) is 16.4. The smallest absolute Gasteiger partial charge is 0.397 e. The molecule has 10 atom stereocenters. The molecule has 60 heavy (non-hydrogen) atoms. The van der Waals surface area contributed by atoms with E-state index in [9.17, 15) is 13.0 Å². The maximum atomic E-state index is 12.9. The summed E-state index contributed by atoms with van der Waals surface area (Å²) in [5.41, 5.74) is 3.53. The molecular formula is C47H60O12S. The monoisotopic (exact) mass is 848 g/mol. The van der Waals surface area contributed by atoms with Crippen molar-refractivity contribution in [1.82, 2.24) is 0 Å². The third-order valence-electron chi connectivity index (χ3n) is 12.0. The lowest BCUT2D eigenvalue weighted by atomic mass is 9.80. The quantitative estimate of drug-likeness (QED) is 0.0803. The van der Waals surface area contributed by atoms with Gasteiger partial charge < -0.3 is 37.9 Å². The van der Waals surface area contributed by atoms with Gasteiger partial charge in [0.2, 0.25) is 0 Å². The summed E-state index contributed by atoms with van der Waals surface area (Å²) >= 11 is 0. The first-order valence-corrected chi connectivity index (χ1v) is 22.1. The molecule has 1 aliphatic heterocycles. The van der Waals surface area contributed by atoms with Gasteiger partial charge in [-0.15, -0.1) is 0 Å². The van der Waals surface area contributed by atoms with E-state index < -0.39 is 47.0 Å². The van der Waals surface area contributed by atoms with E-state index in [0.29, 0.717) is 24.7 Å². The van der Waals surface area contributed by atoms with E-state index in [4.69, 9.17) is 42.1 Å². The molecule has 0 bridgehead atoms. The third kappa shape index (κ3) is 12.3. The summed E-state index contributed by atoms with van der Waals surface area (Å²) in [5.74, 6) is 2.49. The van der Waals surface area contributed by atoms with Gasteiger partial charge in [0.05, 0.1) is 53.9 Å². The summed E-state index contributed by atoms with van der Waals surface area (Å²) in [5, 5.41) is 0. The summed E-state index contributed by atoms with van der Waals surface area (Å²) in [6.45, 7) is 7.22. The molecule has 2 fully saturated rings. The van der Waals surface area contributed by atoms with Crippen molar-refractivity contribution in [2.75, 3.05) is 27.9 Å². The second-order valence-corrected chi connectivity index (χ2v) is 16.9. The molecule has 1 aliphatic carbocycles. The van der Waals surface area contributed by atoms with E-state index in [-0.39, 0.29) is 37.8 Å². The molecule has 2 aliphatic rings. The van der Waals surface area contributed by atoms with Gasteiger partial charge in [0, 0.05) is 5.56 Å². The molecule has 6 rings (SSSR count). The standard InChI is InChI=1S/C47H60O12S/c1-7-41-32(3)42(54-27-33-13-19-38(51-4)20-14-33)26-37(41)25-31(2)44(59-60(48,49)50)46(56-29-35-17-23-40(53-6)24-18-35)45-43(55-28-34-15-21-39(52-5)22-16-34)30-57-47(58-45)36-11-9-8-10-12-36/h8-24,31-32,37,41-47H,7,25-30H2,1-6H3,(H,48,49,50)/t31-,32-,37?,41-,42-,43+,44?,45-,46+,47?/m1/s1. The lowest BCUT2D eigenvalue weighted by Gasteiger charge is -2.43. The van der Waals surface area contributed by atoms with Gasteiger partial charge in [0.1, 0.15) is 41.7 Å². The Hall–Kier alpha value is -4.05. The average molecular weight is 849 g/mol. The highest BCUT2D eigenvalue weighted by Crippen LogP contribution is 2.45. The highest BCUT2D eigenvalue weighted by Gasteiger charge is 2.48. The molecule has 1 N–H and O–H groups in total. The van der Waals surface area contributed by atoms with Gasteiger partial charge in [0.25, 0.3) is 0 Å². The lowest BCUT2D eigenvalue weighted by molar-refractivity contribution is -0.299. The fourth-order valence-corrected chi connectivity index (χ4v) is 9.30. The SMILES string of the molecule is CC[C@H]1C(C[C@@H](C)C(OS(=O)(=O)O)[C@H](OCc2ccc(OC)cc2)[C@@H]2OC(c3ccccc3)OC[C@@H]2OCc2ccc(OC)cc2)C[C@@H](OCc2ccc(OC)cc2)[C@@H]1C. The molecule has 1 heterocycles. The Bertz CT molecular complexity index is 1980. The zero-order valence-electron chi connectivity index (χ0n) is 35.4. The molecule has 4 aromatic carbocycles. The minimum atomic E-state index is -4.98. The summed E-state index contributed by atoms with van der Waals surface area (Å²) in [6, 6.07) is 32.3. The van der Waals surface area contributed by atoms with Gasteiger partial charge >= 0.3 is 10.4 Å². The molecule has 13 heteroatoms. The summed E-state index contributed by atoms with van der Waals surface area (Å²) in [6.07, 6.45) is -2.39. The first-order chi connectivity index (χ1) is 29.0. The van der Waals surface area contributed by atoms with Crippen LogP contribution in [0.5, 0.6) is 17.2 Å². The minimum Gasteiger partial charge on any atom is -0.497 e. The van der Waals surface area contributed by atoms with Crippen molar-refractivity contribution >= 4 is 10.4 Å². The van der Waals surface area contributed by atoms with Gasteiger partial charge in [-0.3, -0.25) is 4.55 Å². The second-order valence-electron chi connectivity index (χ2n) is 15.8. The Morgan fingerprint density at radius 1 is 0.733 bits per heavy atom. The topological polar surface area (TPSA) is 137 Å². The molecule has 0 amide bonds. The van der Waals surface area contributed by atoms with Gasteiger partial charge in [-0.2, -0.15) is 8.42 Å². The molecule has 4 aromatic rings. The van der Waals surface area contributed by atoms with Crippen molar-refractivity contribution in [3.63, 3.8) is 0 Å². The molecule has 0 spiro atoms. The van der Waals surface area contributed by atoms with E-state index in [1.807, 2.05) is 110 Å². The van der Waals surface area contributed by atoms with Crippen LogP contribution in [-0.2, 0) is 58.1 Å². The Labute approximate surface area is 355 Å². The number of ether oxygens (including phenoxy) is 8. The summed E-state index contributed by atoms with van der Waals surface area (Å²) in [4.78, 5) is 0. The summed E-state index contributed by atoms with van der Waals surface area (Å²) in [7, 11) is -0.122. The van der Waals surface area contributed by atoms with Crippen molar-refractivity contribution in [2.45, 2.75) is 96.7 Å². The molecule has 326 valence electrons. The lowest BCUT2D eigenvalue weighted by Crippen LogP contribution is -2.55. The number of benzene rings is 4. The number of methoxy groups -OCH3 is 3. The van der Waals surface area contributed by atoms with Crippen LogP contribution < -0.4 is 14.2 Å². The first-order valence-electron chi connectivity index (χ1n) is 20.7. The van der Waals surface area contributed by atoms with Crippen LogP contribution in [0.15, 0.2) is 103 Å². The van der Waals surface area contributed by atoms with E-state index in [2.05, 4.69) is 13.8 Å². The van der Waals surface area contributed by atoms with Gasteiger partial charge in [-0.25, -0.2) is 4.18 Å². The molecule has 1 saturated heterocycles. The van der Waals surface area contributed by atoms with Crippen LogP contribution in [0, 0.1) is 23.7 Å². The molecule has 0 radical (unpaired) electrons. The van der Waals surface area contributed by atoms with Crippen LogP contribution in [0.25, 0.3) is 0 Å². The first kappa shape index (κ1) is 45.5. The van der Waals surface area contributed by atoms with Crippen molar-refractivity contribution < 1.29 is 55.0 Å². The molecular weight excluding hydrogens is 789 g/mol. The van der Waals surface area contributed by atoms with Gasteiger partial charge in [-0.1, -0.05) is 93.9 Å². The minimum absolute atomic E-state index is 0.00138. The largest absolute Gasteiger partial charge is 0.497 e. The molecule has 1 saturated carbocycles. The molecule has 3 unspecified atom stereocenters. The van der Waals surface area contributed by atoms with Crippen LogP contribution in [0.4, 0.5) is 0 Å². The van der Waals surface area contributed by atoms with Crippen LogP contribution in [0.2, 0.25) is 0 Å². The van der Waals surface area contributed by atoms with Crippen molar-refractivity contribution in [1.29, 1.82) is 0 Å². The normalized spacial score (nSPS) is 24.7. The average Bonchev–Trinajstić information content (AvgIpc) is 3.57. The Morgan fingerprint density at radius 2 is 1.25 bits per heavy atom. The molecule has 0 aromatic heterocycles. The fourth-order valence-electron chi connectivity index (χ4n) is 8.72. The van der Waals surface area contributed by atoms with Crippen LogP contribution >= 0.6 is 0 Å². The van der Waals surface area contributed by atoms with Crippen molar-refractivity contribution in [3.05, 3.63) is 125 Å². The van der Waals surface area contributed by atoms with E-state index in [1.165, 1.54) is 0 Å². The highest BCUT2D eigenvalue weighted by atomic mass is 32.3. The van der Waals surface area contributed by atoms with Crippen LogP contribution in [0.3, 0.4) is 0 Å². The fraction of sp³-hybridized carbons (Fsp3) is 0.489. The zero-order valence-corrected chi connectivity index (χ0v) is 36.2. The third-order valence-corrected chi connectivity index (χ3v) is 12.4. The van der Waals surface area contributed by atoms with E-state index in [1.54, 1.807) is 21.3 Å². The Balaban J connectivity index is 1.30. The second kappa shape index (κ2) is 21.7. The number of hydrogen-bond acceptors (Lipinski definition) is 11. The molecule has 12 nitrogen and oxygen atoms in total.